The third-order valence-corrected chi connectivity index (χ3v) is 2.23. The normalized spacial score (nSPS) is 15.2. The Morgan fingerprint density at radius 2 is 2.23 bits per heavy atom. The van der Waals surface area contributed by atoms with Gasteiger partial charge in [0.25, 0.3) is 0 Å². The number of nitrogens with zero attached hydrogens (tertiary/aromatic N) is 1. The highest BCUT2D eigenvalue weighted by atomic mass is 16.6. The largest absolute Gasteiger partial charge is 0.444 e. The summed E-state index contributed by atoms with van der Waals surface area (Å²) in [5.74, 6) is 0. The van der Waals surface area contributed by atoms with Crippen LogP contribution in [0.3, 0.4) is 0 Å². The minimum absolute atomic E-state index is 0.280. The molecule has 1 aliphatic heterocycles. The van der Waals surface area contributed by atoms with Gasteiger partial charge in [0.1, 0.15) is 6.61 Å². The van der Waals surface area contributed by atoms with E-state index in [0.717, 1.165) is 16.8 Å². The molecule has 3 nitrogen and oxygen atoms in total. The second kappa shape index (κ2) is 2.76. The van der Waals surface area contributed by atoms with Gasteiger partial charge >= 0.3 is 6.09 Å². The number of cyclic esters (lactones) is 1. The fraction of sp³-hybridized carbons (Fsp3) is 0.300. The van der Waals surface area contributed by atoms with Gasteiger partial charge in [0.15, 0.2) is 0 Å². The molecule has 3 heteroatoms. The number of hydrogen-bond donors (Lipinski definition) is 0. The molecule has 0 atom stereocenters. The standard InChI is InChI=1S/C10H11NO2/c1-7-3-4-8-6-13-10(12)11(2)9(8)5-7/h3-5H,6H2,1-2H3. The monoisotopic (exact) mass is 177 g/mol. The second-order valence-electron chi connectivity index (χ2n) is 3.25. The van der Waals surface area contributed by atoms with Gasteiger partial charge in [0, 0.05) is 12.6 Å². The number of hydrogen-bond acceptors (Lipinski definition) is 2. The van der Waals surface area contributed by atoms with Crippen LogP contribution in [0.4, 0.5) is 10.5 Å². The molecule has 1 aliphatic rings. The van der Waals surface area contributed by atoms with E-state index in [1.165, 1.54) is 4.90 Å². The van der Waals surface area contributed by atoms with Crippen LogP contribution in [0.5, 0.6) is 0 Å². The minimum atomic E-state index is -0.280. The van der Waals surface area contributed by atoms with Crippen molar-refractivity contribution in [1.29, 1.82) is 0 Å². The topological polar surface area (TPSA) is 29.5 Å². The van der Waals surface area contributed by atoms with Gasteiger partial charge < -0.3 is 4.74 Å². The van der Waals surface area contributed by atoms with Gasteiger partial charge in [0.2, 0.25) is 0 Å². The Morgan fingerprint density at radius 3 is 3.00 bits per heavy atom. The molecule has 2 rings (SSSR count). The van der Waals surface area contributed by atoms with Gasteiger partial charge in [0.05, 0.1) is 5.69 Å². The summed E-state index contributed by atoms with van der Waals surface area (Å²) in [6, 6.07) is 6.01. The predicted octanol–water partition coefficient (Wildman–Crippen LogP) is 2.08. The van der Waals surface area contributed by atoms with Crippen molar-refractivity contribution >= 4 is 11.8 Å². The molecule has 68 valence electrons. The first-order valence-electron chi connectivity index (χ1n) is 4.18. The highest BCUT2D eigenvalue weighted by Crippen LogP contribution is 2.26. The van der Waals surface area contributed by atoms with Crippen molar-refractivity contribution < 1.29 is 9.53 Å². The molecular formula is C10H11NO2. The molecule has 0 N–H and O–H groups in total. The van der Waals surface area contributed by atoms with Crippen LogP contribution in [-0.4, -0.2) is 13.1 Å². The second-order valence-corrected chi connectivity index (χ2v) is 3.25. The van der Waals surface area contributed by atoms with Gasteiger partial charge in [-0.15, -0.1) is 0 Å². The molecule has 0 aliphatic carbocycles. The maximum atomic E-state index is 11.2. The number of ether oxygens (including phenoxy) is 1. The summed E-state index contributed by atoms with van der Waals surface area (Å²) < 4.78 is 4.94. The first-order valence-corrected chi connectivity index (χ1v) is 4.18. The number of benzene rings is 1. The first-order chi connectivity index (χ1) is 6.18. The molecule has 0 radical (unpaired) electrons. The number of rotatable bonds is 0. The highest BCUT2D eigenvalue weighted by Gasteiger charge is 2.21. The van der Waals surface area contributed by atoms with E-state index in [1.54, 1.807) is 7.05 Å². The molecule has 1 amide bonds. The Bertz CT molecular complexity index is 360. The zero-order valence-corrected chi connectivity index (χ0v) is 7.70. The molecule has 0 unspecified atom stereocenters. The van der Waals surface area contributed by atoms with Gasteiger partial charge in [-0.1, -0.05) is 12.1 Å². The van der Waals surface area contributed by atoms with Crippen molar-refractivity contribution in [2.75, 3.05) is 11.9 Å². The Kier molecular flexibility index (Phi) is 1.72. The van der Waals surface area contributed by atoms with Crippen LogP contribution in [0.1, 0.15) is 11.1 Å². The van der Waals surface area contributed by atoms with Crippen molar-refractivity contribution in [2.24, 2.45) is 0 Å². The Morgan fingerprint density at radius 1 is 1.46 bits per heavy atom. The Hall–Kier alpha value is -1.51. The van der Waals surface area contributed by atoms with Crippen LogP contribution >= 0.6 is 0 Å². The van der Waals surface area contributed by atoms with E-state index in [0.29, 0.717) is 6.61 Å². The molecule has 0 bridgehead atoms. The minimum Gasteiger partial charge on any atom is -0.444 e. The van der Waals surface area contributed by atoms with Crippen molar-refractivity contribution in [3.05, 3.63) is 29.3 Å². The number of amides is 1. The fourth-order valence-corrected chi connectivity index (χ4v) is 1.44. The van der Waals surface area contributed by atoms with E-state index in [2.05, 4.69) is 0 Å². The van der Waals surface area contributed by atoms with Gasteiger partial charge in [-0.2, -0.15) is 0 Å². The summed E-state index contributed by atoms with van der Waals surface area (Å²) in [6.45, 7) is 2.40. The summed E-state index contributed by atoms with van der Waals surface area (Å²) in [7, 11) is 1.72. The first kappa shape index (κ1) is 8.10. The van der Waals surface area contributed by atoms with Crippen molar-refractivity contribution in [3.8, 4) is 0 Å². The summed E-state index contributed by atoms with van der Waals surface area (Å²) in [4.78, 5) is 12.7. The molecule has 1 aromatic carbocycles. The van der Waals surface area contributed by atoms with Crippen molar-refractivity contribution in [3.63, 3.8) is 0 Å². The maximum Gasteiger partial charge on any atom is 0.414 e. The fourth-order valence-electron chi connectivity index (χ4n) is 1.44. The molecule has 1 aromatic rings. The van der Waals surface area contributed by atoms with E-state index < -0.39 is 0 Å². The average Bonchev–Trinajstić information content (AvgIpc) is 2.12. The molecule has 1 heterocycles. The van der Waals surface area contributed by atoms with Crippen molar-refractivity contribution in [2.45, 2.75) is 13.5 Å². The lowest BCUT2D eigenvalue weighted by Crippen LogP contribution is -2.31. The van der Waals surface area contributed by atoms with Crippen LogP contribution in [0.25, 0.3) is 0 Å². The zero-order chi connectivity index (χ0) is 9.42. The highest BCUT2D eigenvalue weighted by molar-refractivity contribution is 5.89. The molecule has 0 saturated heterocycles. The quantitative estimate of drug-likeness (QED) is 0.607. The molecule has 0 spiro atoms. The van der Waals surface area contributed by atoms with E-state index in [-0.39, 0.29) is 6.09 Å². The lowest BCUT2D eigenvalue weighted by molar-refractivity contribution is 0.143. The van der Waals surface area contributed by atoms with Crippen molar-refractivity contribution in [1.82, 2.24) is 0 Å². The van der Waals surface area contributed by atoms with Crippen LogP contribution in [0.2, 0.25) is 0 Å². The number of aryl methyl sites for hydroxylation is 1. The van der Waals surface area contributed by atoms with E-state index in [9.17, 15) is 4.79 Å². The van der Waals surface area contributed by atoms with E-state index in [1.807, 2.05) is 25.1 Å². The number of carbonyl (C=O) groups excluding carboxylic acids is 1. The van der Waals surface area contributed by atoms with Crippen LogP contribution in [0, 0.1) is 6.92 Å². The SMILES string of the molecule is Cc1ccc2c(c1)N(C)C(=O)OC2. The predicted molar refractivity (Wildman–Crippen MR) is 49.8 cm³/mol. The maximum absolute atomic E-state index is 11.2. The van der Waals surface area contributed by atoms with Crippen LogP contribution < -0.4 is 4.90 Å². The summed E-state index contributed by atoms with van der Waals surface area (Å²) in [5, 5.41) is 0. The number of anilines is 1. The number of carbonyl (C=O) groups is 1. The van der Waals surface area contributed by atoms with Crippen LogP contribution in [-0.2, 0) is 11.3 Å². The number of fused-ring (bicyclic) bond motifs is 1. The molecule has 0 fully saturated rings. The van der Waals surface area contributed by atoms with Gasteiger partial charge in [-0.05, 0) is 18.6 Å². The average molecular weight is 177 g/mol. The third kappa shape index (κ3) is 1.26. The summed E-state index contributed by atoms with van der Waals surface area (Å²) >= 11 is 0. The zero-order valence-electron chi connectivity index (χ0n) is 7.70. The van der Waals surface area contributed by atoms with E-state index in [4.69, 9.17) is 4.74 Å². The third-order valence-electron chi connectivity index (χ3n) is 2.23. The smallest absolute Gasteiger partial charge is 0.414 e. The lowest BCUT2D eigenvalue weighted by Gasteiger charge is -2.25. The van der Waals surface area contributed by atoms with E-state index >= 15 is 0 Å². The molecular weight excluding hydrogens is 166 g/mol. The molecule has 0 saturated carbocycles. The Labute approximate surface area is 76.9 Å². The van der Waals surface area contributed by atoms with Gasteiger partial charge in [-0.3, -0.25) is 4.90 Å². The summed E-state index contributed by atoms with van der Waals surface area (Å²) in [6.07, 6.45) is -0.280. The molecule has 0 aromatic heterocycles. The molecule has 13 heavy (non-hydrogen) atoms. The summed E-state index contributed by atoms with van der Waals surface area (Å²) in [5.41, 5.74) is 3.17. The van der Waals surface area contributed by atoms with Gasteiger partial charge in [-0.25, -0.2) is 4.79 Å². The lowest BCUT2D eigenvalue weighted by atomic mass is 10.1. The van der Waals surface area contributed by atoms with Crippen LogP contribution in [0.15, 0.2) is 18.2 Å². The Balaban J connectivity index is 2.51.